The number of hydrogen-bond donors (Lipinski definition) is 0. The Balaban J connectivity index is 1.94. The van der Waals surface area contributed by atoms with E-state index in [0.717, 1.165) is 6.42 Å². The predicted octanol–water partition coefficient (Wildman–Crippen LogP) is 4.87. The minimum atomic E-state index is -0.288. The van der Waals surface area contributed by atoms with E-state index in [0.29, 0.717) is 5.92 Å². The van der Waals surface area contributed by atoms with Crippen LogP contribution in [0.15, 0.2) is 73.3 Å². The van der Waals surface area contributed by atoms with Gasteiger partial charge in [0.1, 0.15) is 0 Å². The van der Waals surface area contributed by atoms with Crippen molar-refractivity contribution in [3.8, 4) is 0 Å². The first-order valence-electron chi connectivity index (χ1n) is 7.15. The van der Waals surface area contributed by atoms with Crippen LogP contribution in [-0.2, 0) is 10.3 Å². The molecule has 0 bridgehead atoms. The third kappa shape index (κ3) is 2.19. The minimum absolute atomic E-state index is 0.143. The van der Waals surface area contributed by atoms with Crippen molar-refractivity contribution in [2.24, 2.45) is 5.92 Å². The maximum Gasteiger partial charge on any atom is 0.0974 e. The molecule has 102 valence electrons. The average molecular weight is 264 g/mol. The molecule has 3 atom stereocenters. The number of hydrogen-bond acceptors (Lipinski definition) is 1. The van der Waals surface area contributed by atoms with Crippen LogP contribution in [0.1, 0.15) is 30.6 Å². The molecule has 0 spiro atoms. The monoisotopic (exact) mass is 264 g/mol. The summed E-state index contributed by atoms with van der Waals surface area (Å²) in [6.45, 7) is 6.19. The van der Waals surface area contributed by atoms with Crippen molar-refractivity contribution in [2.75, 3.05) is 0 Å². The van der Waals surface area contributed by atoms with E-state index in [4.69, 9.17) is 4.74 Å². The lowest BCUT2D eigenvalue weighted by molar-refractivity contribution is -0.0446. The first kappa shape index (κ1) is 13.1. The summed E-state index contributed by atoms with van der Waals surface area (Å²) in [4.78, 5) is 0. The smallest absolute Gasteiger partial charge is 0.0974 e. The Labute approximate surface area is 120 Å². The summed E-state index contributed by atoms with van der Waals surface area (Å²) in [5.74, 6) is 0.329. The van der Waals surface area contributed by atoms with Gasteiger partial charge in [0, 0.05) is 5.92 Å². The molecule has 0 amide bonds. The van der Waals surface area contributed by atoms with Crippen LogP contribution in [0.4, 0.5) is 0 Å². The molecule has 20 heavy (non-hydrogen) atoms. The van der Waals surface area contributed by atoms with Crippen molar-refractivity contribution < 1.29 is 4.74 Å². The summed E-state index contributed by atoms with van der Waals surface area (Å²) in [6.07, 6.45) is 3.17. The van der Waals surface area contributed by atoms with E-state index in [1.165, 1.54) is 11.1 Å². The highest BCUT2D eigenvalue weighted by Gasteiger charge is 2.45. The van der Waals surface area contributed by atoms with Crippen molar-refractivity contribution in [3.63, 3.8) is 0 Å². The van der Waals surface area contributed by atoms with E-state index < -0.39 is 0 Å². The molecule has 1 heteroatoms. The molecule has 0 aromatic heterocycles. The second-order valence-corrected chi connectivity index (χ2v) is 5.57. The Morgan fingerprint density at radius 2 is 1.65 bits per heavy atom. The van der Waals surface area contributed by atoms with E-state index in [-0.39, 0.29) is 11.7 Å². The molecule has 1 aliphatic heterocycles. The van der Waals surface area contributed by atoms with E-state index >= 15 is 0 Å². The van der Waals surface area contributed by atoms with Crippen molar-refractivity contribution >= 4 is 0 Å². The molecule has 3 unspecified atom stereocenters. The van der Waals surface area contributed by atoms with Crippen molar-refractivity contribution in [1.29, 1.82) is 0 Å². The topological polar surface area (TPSA) is 9.23 Å². The lowest BCUT2D eigenvalue weighted by Crippen LogP contribution is -2.27. The Bertz CT molecular complexity index is 575. The van der Waals surface area contributed by atoms with Gasteiger partial charge in [-0.15, -0.1) is 6.58 Å². The summed E-state index contributed by atoms with van der Waals surface area (Å²) in [5.41, 5.74) is 2.19. The first-order valence-corrected chi connectivity index (χ1v) is 7.15. The molecule has 2 aromatic rings. The van der Waals surface area contributed by atoms with Crippen LogP contribution in [0.25, 0.3) is 0 Å². The standard InChI is InChI=1S/C19H20O/c1-3-16-14-18(15-10-6-4-7-11-15)20-19(16,2)17-12-8-5-9-13-17/h3-13,16,18H,1,14H2,2H3. The zero-order chi connectivity index (χ0) is 14.0. The third-order valence-electron chi connectivity index (χ3n) is 4.37. The van der Waals surface area contributed by atoms with Gasteiger partial charge in [-0.05, 0) is 24.5 Å². The minimum Gasteiger partial charge on any atom is -0.362 e. The molecule has 1 heterocycles. The second kappa shape index (κ2) is 5.26. The fourth-order valence-electron chi connectivity index (χ4n) is 3.13. The van der Waals surface area contributed by atoms with Crippen LogP contribution >= 0.6 is 0 Å². The molecular weight excluding hydrogens is 244 g/mol. The molecule has 0 saturated carbocycles. The van der Waals surface area contributed by atoms with Crippen LogP contribution in [0.5, 0.6) is 0 Å². The van der Waals surface area contributed by atoms with E-state index in [1.807, 2.05) is 18.2 Å². The van der Waals surface area contributed by atoms with Gasteiger partial charge in [-0.2, -0.15) is 0 Å². The summed E-state index contributed by atoms with van der Waals surface area (Å²) < 4.78 is 6.45. The van der Waals surface area contributed by atoms with Crippen LogP contribution in [0.3, 0.4) is 0 Å². The number of benzene rings is 2. The highest BCUT2D eigenvalue weighted by Crippen LogP contribution is 2.49. The Hall–Kier alpha value is -1.86. The summed E-state index contributed by atoms with van der Waals surface area (Å²) >= 11 is 0. The van der Waals surface area contributed by atoms with Crippen LogP contribution in [0.2, 0.25) is 0 Å². The highest BCUT2D eigenvalue weighted by atomic mass is 16.5. The lowest BCUT2D eigenvalue weighted by atomic mass is 9.82. The van der Waals surface area contributed by atoms with Crippen LogP contribution < -0.4 is 0 Å². The quantitative estimate of drug-likeness (QED) is 0.719. The molecular formula is C19H20O. The van der Waals surface area contributed by atoms with E-state index in [1.54, 1.807) is 0 Å². The van der Waals surface area contributed by atoms with Crippen molar-refractivity contribution in [3.05, 3.63) is 84.4 Å². The maximum atomic E-state index is 6.45. The van der Waals surface area contributed by atoms with Gasteiger partial charge in [0.25, 0.3) is 0 Å². The molecule has 1 nitrogen and oxygen atoms in total. The maximum absolute atomic E-state index is 6.45. The van der Waals surface area contributed by atoms with Gasteiger partial charge < -0.3 is 4.74 Å². The fourth-order valence-corrected chi connectivity index (χ4v) is 3.13. The van der Waals surface area contributed by atoms with E-state index in [9.17, 15) is 0 Å². The van der Waals surface area contributed by atoms with Gasteiger partial charge >= 0.3 is 0 Å². The SMILES string of the molecule is C=CC1CC(c2ccccc2)OC1(C)c1ccccc1. The van der Waals surface area contributed by atoms with Gasteiger partial charge in [-0.1, -0.05) is 66.7 Å². The molecule has 0 radical (unpaired) electrons. The van der Waals surface area contributed by atoms with Crippen LogP contribution in [-0.4, -0.2) is 0 Å². The van der Waals surface area contributed by atoms with E-state index in [2.05, 4.69) is 62.0 Å². The predicted molar refractivity (Wildman–Crippen MR) is 82.4 cm³/mol. The molecule has 1 aliphatic rings. The fraction of sp³-hybridized carbons (Fsp3) is 0.263. The Kier molecular flexibility index (Phi) is 3.45. The molecule has 1 fully saturated rings. The average Bonchev–Trinajstić information content (AvgIpc) is 2.87. The molecule has 2 aromatic carbocycles. The molecule has 0 aliphatic carbocycles. The molecule has 3 rings (SSSR count). The van der Waals surface area contributed by atoms with Gasteiger partial charge in [-0.3, -0.25) is 0 Å². The summed E-state index contributed by atoms with van der Waals surface area (Å²) in [6, 6.07) is 20.9. The van der Waals surface area contributed by atoms with Gasteiger partial charge in [0.15, 0.2) is 0 Å². The normalized spacial score (nSPS) is 29.2. The zero-order valence-corrected chi connectivity index (χ0v) is 11.8. The largest absolute Gasteiger partial charge is 0.362 e. The Morgan fingerprint density at radius 3 is 2.25 bits per heavy atom. The Morgan fingerprint density at radius 1 is 1.05 bits per heavy atom. The van der Waals surface area contributed by atoms with Gasteiger partial charge in [0.05, 0.1) is 11.7 Å². The van der Waals surface area contributed by atoms with Crippen molar-refractivity contribution in [1.82, 2.24) is 0 Å². The highest BCUT2D eigenvalue weighted by molar-refractivity contribution is 5.28. The third-order valence-corrected chi connectivity index (χ3v) is 4.37. The number of ether oxygens (including phenoxy) is 1. The first-order chi connectivity index (χ1) is 9.74. The lowest BCUT2D eigenvalue weighted by Gasteiger charge is -2.30. The molecule has 1 saturated heterocycles. The zero-order valence-electron chi connectivity index (χ0n) is 11.8. The summed E-state index contributed by atoms with van der Waals surface area (Å²) in [7, 11) is 0. The second-order valence-electron chi connectivity index (χ2n) is 5.57. The van der Waals surface area contributed by atoms with Gasteiger partial charge in [0.2, 0.25) is 0 Å². The number of rotatable bonds is 3. The van der Waals surface area contributed by atoms with Crippen LogP contribution in [0, 0.1) is 5.92 Å². The van der Waals surface area contributed by atoms with Gasteiger partial charge in [-0.25, -0.2) is 0 Å². The summed E-state index contributed by atoms with van der Waals surface area (Å²) in [5, 5.41) is 0. The van der Waals surface area contributed by atoms with Crippen molar-refractivity contribution in [2.45, 2.75) is 25.0 Å². The molecule has 0 N–H and O–H groups in total.